The molecular weight excluding hydrogens is 1480 g/mol. The molecule has 0 radical (unpaired) electrons. The number of hydrogen-bond donors (Lipinski definition) is 28. The summed E-state index contributed by atoms with van der Waals surface area (Å²) in [5.41, 5.74) is 0. The molecule has 9 aliphatic rings. The van der Waals surface area contributed by atoms with E-state index in [1.807, 2.05) is 0 Å². The van der Waals surface area contributed by atoms with Crippen LogP contribution < -0.4 is 16.0 Å². The predicted molar refractivity (Wildman–Crippen MR) is 330 cm³/mol. The molecule has 0 aliphatic carbocycles. The van der Waals surface area contributed by atoms with Crippen molar-refractivity contribution in [2.45, 2.75) is 304 Å². The Kier molecular flexibility index (Phi) is 31.6. The predicted octanol–water partition coefficient (Wildman–Crippen LogP) is -19.2. The average molecular weight is 1580 g/mol. The quantitative estimate of drug-likeness (QED) is 0.0363. The Bertz CT molecular complexity index is 2820. The number of hydrogen-bond acceptors (Lipinski definition) is 45. The van der Waals surface area contributed by atoms with Gasteiger partial charge in [0.2, 0.25) is 17.7 Å². The van der Waals surface area contributed by atoms with Crippen molar-refractivity contribution < 1.29 is 223 Å². The molecule has 0 aromatic heterocycles. The zero-order chi connectivity index (χ0) is 79.5. The molecule has 45 atom stereocenters. The normalized spacial score (nSPS) is 50.4. The summed E-state index contributed by atoms with van der Waals surface area (Å²) in [5.74, 6) is -2.89. The minimum atomic E-state index is -2.55. The van der Waals surface area contributed by atoms with Gasteiger partial charge in [-0.2, -0.15) is 0 Å². The Hall–Kier alpha value is -3.27. The van der Waals surface area contributed by atoms with Crippen molar-refractivity contribution in [2.75, 3.05) is 52.9 Å². The number of rotatable bonds is 27. The summed E-state index contributed by atoms with van der Waals surface area (Å²) in [7, 11) is 0. The third-order valence-electron chi connectivity index (χ3n) is 19.9. The molecule has 9 aliphatic heterocycles. The zero-order valence-corrected chi connectivity index (χ0v) is 58.0. The summed E-state index contributed by atoms with van der Waals surface area (Å²) < 4.78 is 100. The molecule has 108 heavy (non-hydrogen) atoms. The van der Waals surface area contributed by atoms with Crippen LogP contribution in [0.25, 0.3) is 0 Å². The molecule has 0 aromatic rings. The van der Waals surface area contributed by atoms with Gasteiger partial charge in [-0.1, -0.05) is 0 Å². The fourth-order valence-electron chi connectivity index (χ4n) is 14.0. The van der Waals surface area contributed by atoms with Crippen LogP contribution in [0.4, 0.5) is 0 Å². The van der Waals surface area contributed by atoms with Crippen LogP contribution in [0.3, 0.4) is 0 Å². The fraction of sp³-hybridized carbons (Fsp3) is 0.950. The highest BCUT2D eigenvalue weighted by atomic mass is 16.8. The molecule has 9 heterocycles. The monoisotopic (exact) mass is 1580 g/mol. The summed E-state index contributed by atoms with van der Waals surface area (Å²) in [5, 5.41) is 282. The highest BCUT2D eigenvalue weighted by Gasteiger charge is 2.61. The number of carbonyl (C=O) groups excluding carboxylic acids is 3. The lowest BCUT2D eigenvalue weighted by molar-refractivity contribution is -0.395. The summed E-state index contributed by atoms with van der Waals surface area (Å²) in [6.07, 6.45) is -85.5. The molecule has 48 nitrogen and oxygen atoms in total. The summed E-state index contributed by atoms with van der Waals surface area (Å²) in [6.45, 7) is -4.59. The fourth-order valence-corrected chi connectivity index (χ4v) is 14.0. The molecule has 28 N–H and O–H groups in total. The molecule has 1 unspecified atom stereocenters. The van der Waals surface area contributed by atoms with Crippen molar-refractivity contribution in [1.29, 1.82) is 0 Å². The Labute approximate surface area is 611 Å². The number of ether oxygens (including phenoxy) is 17. The second-order valence-electron chi connectivity index (χ2n) is 27.4. The Morgan fingerprint density at radius 2 is 0.556 bits per heavy atom. The molecule has 0 aromatic carbocycles. The molecule has 626 valence electrons. The molecule has 3 amide bonds. The number of amides is 3. The van der Waals surface area contributed by atoms with Gasteiger partial charge >= 0.3 is 0 Å². The van der Waals surface area contributed by atoms with E-state index >= 15 is 0 Å². The second-order valence-corrected chi connectivity index (χ2v) is 27.4. The van der Waals surface area contributed by atoms with Crippen LogP contribution in [0.5, 0.6) is 0 Å². The SMILES string of the molecule is CC(=O)N[C@H]1[C@H](OC[C@H]2O[C@@H](O[C@H]3[C@H](O)[C@@H](NC(C)=O)[C@H](O[C@H]4[C@@H](O)[C@@H](CO)O[C@@H](O[C@H]5[C@H](O)[C@@H](O)C(O)O[C@@H]5CO)[C@@H]4O)O[C@@H]3CO)[C@H](O)[C@@H](O[C@@H]3O[C@H](CO)[C@@H](O[C@@H]4O[C@H](CO)[C@H](O)[C@H](O)[C@H]4O)[C@H](O[C@@H]4O[C@@H](C)[C@@H](O)[C@@H](O)[C@@H]4O)[C@H]3NC(C)=O)[C@H]2O)O[C@H](CO)[C@@H](O[C@@H]2O[C@H](CO)[C@H](O)[C@H](O)[C@H]2O)[C@@H]1O. The lowest BCUT2D eigenvalue weighted by Crippen LogP contribution is -2.71. The molecular formula is C60H101N3O45. The first-order valence-electron chi connectivity index (χ1n) is 34.5. The van der Waals surface area contributed by atoms with E-state index in [4.69, 9.17) is 80.5 Å². The highest BCUT2D eigenvalue weighted by Crippen LogP contribution is 2.40. The highest BCUT2D eigenvalue weighted by molar-refractivity contribution is 5.74. The van der Waals surface area contributed by atoms with Gasteiger partial charge in [0.05, 0.1) is 59.0 Å². The van der Waals surface area contributed by atoms with Crippen LogP contribution in [-0.4, -0.2) is 474 Å². The van der Waals surface area contributed by atoms with E-state index in [0.717, 1.165) is 20.8 Å². The largest absolute Gasteiger partial charge is 0.394 e. The number of aliphatic hydroxyl groups is 25. The van der Waals surface area contributed by atoms with Crippen molar-refractivity contribution in [3.63, 3.8) is 0 Å². The second kappa shape index (κ2) is 38.5. The van der Waals surface area contributed by atoms with Crippen molar-refractivity contribution in [3.8, 4) is 0 Å². The first-order valence-corrected chi connectivity index (χ1v) is 34.5. The van der Waals surface area contributed by atoms with E-state index in [1.165, 1.54) is 6.92 Å². The molecule has 48 heteroatoms. The minimum Gasteiger partial charge on any atom is -0.394 e. The maximum atomic E-state index is 13.5. The smallest absolute Gasteiger partial charge is 0.217 e. The summed E-state index contributed by atoms with van der Waals surface area (Å²) in [6, 6.07) is -5.87. The Morgan fingerprint density at radius 3 is 0.991 bits per heavy atom. The van der Waals surface area contributed by atoms with Gasteiger partial charge in [0.1, 0.15) is 213 Å². The van der Waals surface area contributed by atoms with E-state index in [2.05, 4.69) is 16.0 Å². The van der Waals surface area contributed by atoms with Gasteiger partial charge in [0.15, 0.2) is 56.6 Å². The first-order chi connectivity index (χ1) is 51.1. The van der Waals surface area contributed by atoms with Gasteiger partial charge in [-0.25, -0.2) is 0 Å². The summed E-state index contributed by atoms with van der Waals surface area (Å²) in [4.78, 5) is 39.5. The standard InChI is InChI=1S/C60H101N3O45/c1-13-28(74)35(81)40(86)56(93-13)106-49-27(63-16(4)73)55(100-23(11-70)48(49)105-58-42(88)37(83)30(76)18(6-65)96-58)108-51-32(78)24(12-92-53-25(61-14(2)71)33(79)45(21(9-68)98-53)102-57-41(87)36(82)29(75)17(5-64)95-57)101-60(44(51)90)103-46-22(10-69)99-54(26(34(46)80)62-15(3)72)107-50-31(77)19(7-66)97-59(43(50)89)104-47-20(8-67)94-52(91)39(85)38(47)84/h13,17-60,64-70,74-91H,5-12H2,1-4H3,(H,61,71)(H,62,72)(H,63,73)/t13-,17+,18+,19+,20+,21+,22+,23+,24+,25+,26+,27+,28+,29-,30-,31-,32-,33+,34+,35+,36-,37-,38+,39+,40-,41+,42+,43+,44+,45+,46+,47+,48+,49+,50-,51-,52?,53+,54-,55-,56-,57-,58-,59-,60-/m0/s1. The van der Waals surface area contributed by atoms with Crippen LogP contribution in [0, 0.1) is 0 Å². The van der Waals surface area contributed by atoms with Crippen molar-refractivity contribution in [2.24, 2.45) is 0 Å². The number of aliphatic hydroxyl groups excluding tert-OH is 25. The van der Waals surface area contributed by atoms with Gasteiger partial charge in [0.25, 0.3) is 0 Å². The Balaban J connectivity index is 1.06. The van der Waals surface area contributed by atoms with Crippen LogP contribution in [-0.2, 0) is 94.9 Å². The molecule has 0 saturated carbocycles. The van der Waals surface area contributed by atoms with Gasteiger partial charge in [-0.3, -0.25) is 14.4 Å². The average Bonchev–Trinajstić information content (AvgIpc) is 0.774. The third-order valence-corrected chi connectivity index (χ3v) is 19.9. The topological polar surface area (TPSA) is 750 Å². The van der Waals surface area contributed by atoms with Gasteiger partial charge in [-0.05, 0) is 6.92 Å². The maximum absolute atomic E-state index is 13.5. The third kappa shape index (κ3) is 19.1. The first kappa shape index (κ1) is 88.7. The van der Waals surface area contributed by atoms with Crippen LogP contribution in [0.15, 0.2) is 0 Å². The van der Waals surface area contributed by atoms with Crippen molar-refractivity contribution in [1.82, 2.24) is 16.0 Å². The van der Waals surface area contributed by atoms with Crippen LogP contribution in [0.2, 0.25) is 0 Å². The van der Waals surface area contributed by atoms with Crippen molar-refractivity contribution >= 4 is 17.7 Å². The van der Waals surface area contributed by atoms with E-state index in [1.54, 1.807) is 0 Å². The van der Waals surface area contributed by atoms with Gasteiger partial charge < -0.3 is 224 Å². The lowest BCUT2D eigenvalue weighted by atomic mass is 9.93. The molecule has 9 saturated heterocycles. The maximum Gasteiger partial charge on any atom is 0.217 e. The van der Waals surface area contributed by atoms with Crippen LogP contribution >= 0.6 is 0 Å². The minimum absolute atomic E-state index is 0.904. The van der Waals surface area contributed by atoms with E-state index in [0.29, 0.717) is 0 Å². The number of carbonyl (C=O) groups is 3. The molecule has 0 bridgehead atoms. The lowest BCUT2D eigenvalue weighted by Gasteiger charge is -2.52. The zero-order valence-electron chi connectivity index (χ0n) is 58.0. The number of nitrogens with one attached hydrogen (secondary N) is 3. The molecule has 9 rings (SSSR count). The van der Waals surface area contributed by atoms with Gasteiger partial charge in [0, 0.05) is 20.8 Å². The van der Waals surface area contributed by atoms with E-state index < -0.39 is 347 Å². The van der Waals surface area contributed by atoms with E-state index in [9.17, 15) is 142 Å². The van der Waals surface area contributed by atoms with Gasteiger partial charge in [-0.15, -0.1) is 0 Å². The molecule has 0 spiro atoms. The Morgan fingerprint density at radius 1 is 0.259 bits per heavy atom. The van der Waals surface area contributed by atoms with Crippen molar-refractivity contribution in [3.05, 3.63) is 0 Å². The summed E-state index contributed by atoms with van der Waals surface area (Å²) >= 11 is 0. The molecule has 9 fully saturated rings. The van der Waals surface area contributed by atoms with Crippen LogP contribution in [0.1, 0.15) is 27.7 Å². The van der Waals surface area contributed by atoms with E-state index in [-0.39, 0.29) is 0 Å².